The summed E-state index contributed by atoms with van der Waals surface area (Å²) < 4.78 is 7.78. The highest BCUT2D eigenvalue weighted by Gasteiger charge is 2.33. The summed E-state index contributed by atoms with van der Waals surface area (Å²) >= 11 is 6.13. The third-order valence-electron chi connectivity index (χ3n) is 3.17. The van der Waals surface area contributed by atoms with E-state index >= 15 is 0 Å². The molecule has 17 heavy (non-hydrogen) atoms. The van der Waals surface area contributed by atoms with Gasteiger partial charge in [-0.2, -0.15) is 0 Å². The Balaban J connectivity index is 2.29. The molecule has 0 aliphatic carbocycles. The van der Waals surface area contributed by atoms with E-state index in [1.54, 1.807) is 0 Å². The molecule has 0 radical (unpaired) electrons. The molecule has 1 aliphatic rings. The van der Waals surface area contributed by atoms with Crippen molar-refractivity contribution in [3.63, 3.8) is 0 Å². The van der Waals surface area contributed by atoms with Gasteiger partial charge >= 0.3 is 0 Å². The fraction of sp³-hybridized carbons (Fsp3) is 0.833. The molecule has 4 nitrogen and oxygen atoms in total. The molecule has 5 heteroatoms. The first-order chi connectivity index (χ1) is 7.82. The van der Waals surface area contributed by atoms with E-state index < -0.39 is 0 Å². The normalized spacial score (nSPS) is 25.5. The molecule has 1 aliphatic heterocycles. The Morgan fingerprint density at radius 3 is 2.65 bits per heavy atom. The lowest BCUT2D eigenvalue weighted by molar-refractivity contribution is 0.00515. The summed E-state index contributed by atoms with van der Waals surface area (Å²) in [6, 6.07) is 0. The molecule has 1 saturated heterocycles. The van der Waals surface area contributed by atoms with Crippen LogP contribution in [-0.2, 0) is 16.7 Å². The first kappa shape index (κ1) is 12.8. The van der Waals surface area contributed by atoms with Crippen molar-refractivity contribution in [2.75, 3.05) is 6.61 Å². The van der Waals surface area contributed by atoms with Crippen molar-refractivity contribution < 1.29 is 4.74 Å². The molecule has 1 unspecified atom stereocenters. The quantitative estimate of drug-likeness (QED) is 0.818. The monoisotopic (exact) mass is 257 g/mol. The van der Waals surface area contributed by atoms with Crippen LogP contribution in [0.3, 0.4) is 0 Å². The first-order valence-corrected chi connectivity index (χ1v) is 6.43. The Labute approximate surface area is 107 Å². The van der Waals surface area contributed by atoms with Gasteiger partial charge in [0.1, 0.15) is 5.82 Å². The van der Waals surface area contributed by atoms with Crippen molar-refractivity contribution in [1.82, 2.24) is 14.8 Å². The van der Waals surface area contributed by atoms with E-state index in [0.717, 1.165) is 31.8 Å². The smallest absolute Gasteiger partial charge is 0.225 e. The number of hydrogen-bond acceptors (Lipinski definition) is 3. The third kappa shape index (κ3) is 2.63. The molecule has 1 aromatic heterocycles. The van der Waals surface area contributed by atoms with E-state index in [9.17, 15) is 0 Å². The van der Waals surface area contributed by atoms with Crippen LogP contribution in [0.1, 0.15) is 46.4 Å². The Kier molecular flexibility index (Phi) is 3.21. The average Bonchev–Trinajstić information content (AvgIpc) is 2.75. The molecule has 0 amide bonds. The standard InChI is InChI=1S/C12H20ClN3O/c1-11(2,3)9-14-15-10(13)16(9)8-12(4)6-5-7-17-12/h5-8H2,1-4H3. The van der Waals surface area contributed by atoms with Gasteiger partial charge in [0.25, 0.3) is 0 Å². The van der Waals surface area contributed by atoms with Gasteiger partial charge in [-0.15, -0.1) is 10.2 Å². The predicted octanol–water partition coefficient (Wildman–Crippen LogP) is 2.80. The molecule has 0 saturated carbocycles. The molecule has 1 atom stereocenters. The Morgan fingerprint density at radius 1 is 1.41 bits per heavy atom. The third-order valence-corrected chi connectivity index (χ3v) is 3.45. The van der Waals surface area contributed by atoms with Crippen LogP contribution in [0.2, 0.25) is 5.28 Å². The summed E-state index contributed by atoms with van der Waals surface area (Å²) in [6.07, 6.45) is 2.17. The van der Waals surface area contributed by atoms with E-state index in [0.29, 0.717) is 5.28 Å². The second-order valence-corrected chi connectivity index (χ2v) is 6.37. The second-order valence-electron chi connectivity index (χ2n) is 6.03. The van der Waals surface area contributed by atoms with Crippen molar-refractivity contribution in [2.24, 2.45) is 0 Å². The Hall–Kier alpha value is -0.610. The van der Waals surface area contributed by atoms with Crippen LogP contribution in [0, 0.1) is 0 Å². The van der Waals surface area contributed by atoms with Crippen LogP contribution >= 0.6 is 11.6 Å². The van der Waals surface area contributed by atoms with E-state index in [2.05, 4.69) is 37.9 Å². The van der Waals surface area contributed by atoms with Gasteiger partial charge in [0.2, 0.25) is 5.28 Å². The fourth-order valence-corrected chi connectivity index (χ4v) is 2.45. The van der Waals surface area contributed by atoms with Crippen LogP contribution in [0.25, 0.3) is 0 Å². The molecule has 1 aromatic rings. The van der Waals surface area contributed by atoms with Gasteiger partial charge in [-0.3, -0.25) is 4.57 Å². The molecule has 2 rings (SSSR count). The lowest BCUT2D eigenvalue weighted by Crippen LogP contribution is -2.32. The number of nitrogens with zero attached hydrogens (tertiary/aromatic N) is 3. The van der Waals surface area contributed by atoms with Gasteiger partial charge in [0, 0.05) is 12.0 Å². The maximum Gasteiger partial charge on any atom is 0.225 e. The van der Waals surface area contributed by atoms with E-state index in [1.165, 1.54) is 0 Å². The molecular formula is C12H20ClN3O. The minimum absolute atomic E-state index is 0.0604. The summed E-state index contributed by atoms with van der Waals surface area (Å²) in [6.45, 7) is 10.0. The summed E-state index contributed by atoms with van der Waals surface area (Å²) in [5.41, 5.74) is -0.193. The minimum Gasteiger partial charge on any atom is -0.373 e. The Morgan fingerprint density at radius 2 is 2.12 bits per heavy atom. The SMILES string of the molecule is CC1(Cn2c(Cl)nnc2C(C)(C)C)CCCO1. The van der Waals surface area contributed by atoms with E-state index in [4.69, 9.17) is 16.3 Å². The van der Waals surface area contributed by atoms with Gasteiger partial charge in [-0.25, -0.2) is 0 Å². The highest BCUT2D eigenvalue weighted by Crippen LogP contribution is 2.30. The summed E-state index contributed by atoms with van der Waals surface area (Å²) in [4.78, 5) is 0. The topological polar surface area (TPSA) is 39.9 Å². The molecular weight excluding hydrogens is 238 g/mol. The van der Waals surface area contributed by atoms with Gasteiger partial charge in [0.05, 0.1) is 12.1 Å². The van der Waals surface area contributed by atoms with Crippen LogP contribution in [-0.4, -0.2) is 27.0 Å². The van der Waals surface area contributed by atoms with Gasteiger partial charge in [0.15, 0.2) is 0 Å². The number of halogens is 1. The number of hydrogen-bond donors (Lipinski definition) is 0. The maximum atomic E-state index is 6.13. The van der Waals surface area contributed by atoms with Crippen molar-refractivity contribution in [3.05, 3.63) is 11.1 Å². The van der Waals surface area contributed by atoms with E-state index in [1.807, 2.05) is 4.57 Å². The molecule has 2 heterocycles. The lowest BCUT2D eigenvalue weighted by Gasteiger charge is -2.27. The lowest BCUT2D eigenvalue weighted by atomic mass is 9.95. The largest absolute Gasteiger partial charge is 0.373 e. The van der Waals surface area contributed by atoms with Crippen LogP contribution in [0.5, 0.6) is 0 Å². The number of rotatable bonds is 2. The molecule has 0 aromatic carbocycles. The van der Waals surface area contributed by atoms with Crippen LogP contribution in [0.15, 0.2) is 0 Å². The van der Waals surface area contributed by atoms with Gasteiger partial charge in [-0.05, 0) is 31.4 Å². The van der Waals surface area contributed by atoms with Crippen molar-refractivity contribution >= 4 is 11.6 Å². The van der Waals surface area contributed by atoms with Gasteiger partial charge < -0.3 is 4.74 Å². The summed E-state index contributed by atoms with van der Waals surface area (Å²) in [5.74, 6) is 0.916. The maximum absolute atomic E-state index is 6.13. The van der Waals surface area contributed by atoms with Gasteiger partial charge in [-0.1, -0.05) is 20.8 Å². The molecule has 96 valence electrons. The zero-order chi connectivity index (χ0) is 12.7. The zero-order valence-corrected chi connectivity index (χ0v) is 11.7. The molecule has 0 spiro atoms. The second kappa shape index (κ2) is 4.25. The minimum atomic E-state index is -0.133. The molecule has 0 bridgehead atoms. The van der Waals surface area contributed by atoms with Crippen LogP contribution in [0.4, 0.5) is 0 Å². The summed E-state index contributed by atoms with van der Waals surface area (Å²) in [5, 5.41) is 8.62. The molecule has 0 N–H and O–H groups in total. The highest BCUT2D eigenvalue weighted by molar-refractivity contribution is 6.28. The summed E-state index contributed by atoms with van der Waals surface area (Å²) in [7, 11) is 0. The van der Waals surface area contributed by atoms with Crippen molar-refractivity contribution in [2.45, 2.75) is 58.1 Å². The van der Waals surface area contributed by atoms with E-state index in [-0.39, 0.29) is 11.0 Å². The van der Waals surface area contributed by atoms with Crippen molar-refractivity contribution in [3.8, 4) is 0 Å². The Bertz CT molecular complexity index is 402. The fourth-order valence-electron chi connectivity index (χ4n) is 2.27. The number of aromatic nitrogens is 3. The zero-order valence-electron chi connectivity index (χ0n) is 11.0. The predicted molar refractivity (Wildman–Crippen MR) is 67.3 cm³/mol. The number of ether oxygens (including phenoxy) is 1. The first-order valence-electron chi connectivity index (χ1n) is 6.05. The average molecular weight is 258 g/mol. The van der Waals surface area contributed by atoms with Crippen molar-refractivity contribution in [1.29, 1.82) is 0 Å². The molecule has 1 fully saturated rings. The highest BCUT2D eigenvalue weighted by atomic mass is 35.5. The van der Waals surface area contributed by atoms with Crippen LogP contribution < -0.4 is 0 Å².